The Labute approximate surface area is 107 Å². The van der Waals surface area contributed by atoms with Crippen LogP contribution in [0.3, 0.4) is 0 Å². The van der Waals surface area contributed by atoms with Gasteiger partial charge in [0.05, 0.1) is 6.61 Å². The van der Waals surface area contributed by atoms with E-state index in [0.717, 1.165) is 12.8 Å². The van der Waals surface area contributed by atoms with Crippen LogP contribution < -0.4 is 11.1 Å². The number of amides is 1. The molecule has 1 atom stereocenters. The van der Waals surface area contributed by atoms with Gasteiger partial charge in [0.15, 0.2) is 0 Å². The van der Waals surface area contributed by atoms with E-state index in [-0.39, 0.29) is 13.3 Å². The minimum atomic E-state index is -0.146. The number of hydrogen-bond donors (Lipinski definition) is 2. The summed E-state index contributed by atoms with van der Waals surface area (Å²) in [4.78, 5) is 11.3. The van der Waals surface area contributed by atoms with Crippen molar-refractivity contribution >= 4 is 5.91 Å². The molecule has 0 aromatic carbocycles. The van der Waals surface area contributed by atoms with Gasteiger partial charge in [0.25, 0.3) is 0 Å². The van der Waals surface area contributed by atoms with E-state index >= 15 is 0 Å². The third-order valence-corrected chi connectivity index (χ3v) is 2.19. The van der Waals surface area contributed by atoms with E-state index in [2.05, 4.69) is 12.2 Å². The number of carbonyl (C=O) groups is 1. The predicted octanol–water partition coefficient (Wildman–Crippen LogP) is 2.30. The van der Waals surface area contributed by atoms with Gasteiger partial charge in [-0.1, -0.05) is 34.1 Å². The van der Waals surface area contributed by atoms with Gasteiger partial charge in [-0.15, -0.1) is 0 Å². The highest BCUT2D eigenvalue weighted by atomic mass is 16.5. The van der Waals surface area contributed by atoms with E-state index in [1.54, 1.807) is 7.11 Å². The third kappa shape index (κ3) is 11.2. The second-order valence-electron chi connectivity index (χ2n) is 3.62. The largest absolute Gasteiger partial charge is 0.402 e. The van der Waals surface area contributed by atoms with Crippen molar-refractivity contribution < 1.29 is 11.0 Å². The molecular weight excluding hydrogens is 216 g/mol. The van der Waals surface area contributed by atoms with Crippen LogP contribution in [0.25, 0.3) is 0 Å². The first-order valence-corrected chi connectivity index (χ1v) is 6.35. The normalized spacial score (nSPS) is 12.4. The molecule has 0 heterocycles. The molecule has 0 aromatic rings. The van der Waals surface area contributed by atoms with Gasteiger partial charge < -0.3 is 15.8 Å². The van der Waals surface area contributed by atoms with E-state index in [1.165, 1.54) is 6.08 Å². The lowest BCUT2D eigenvalue weighted by Crippen LogP contribution is -2.26. The number of allylic oxidation sites excluding steroid dienone is 1. The van der Waals surface area contributed by atoms with Crippen LogP contribution in [-0.4, -0.2) is 26.2 Å². The molecular formula is C13H30N2O2. The molecule has 3 N–H and O–H groups in total. The Morgan fingerprint density at radius 2 is 2.12 bits per heavy atom. The molecule has 4 nitrogen and oxygen atoms in total. The molecule has 104 valence electrons. The zero-order chi connectivity index (χ0) is 13.7. The zero-order valence-electron chi connectivity index (χ0n) is 11.9. The van der Waals surface area contributed by atoms with Crippen LogP contribution in [0.2, 0.25) is 0 Å². The minimum absolute atomic E-state index is 0. The number of rotatable bonds is 7. The van der Waals surface area contributed by atoms with Crippen molar-refractivity contribution in [2.24, 2.45) is 11.7 Å². The van der Waals surface area contributed by atoms with Crippen molar-refractivity contribution in [1.82, 2.24) is 5.32 Å². The van der Waals surface area contributed by atoms with Crippen molar-refractivity contribution in [2.75, 3.05) is 20.3 Å². The van der Waals surface area contributed by atoms with Gasteiger partial charge in [0.2, 0.25) is 5.91 Å². The Morgan fingerprint density at radius 1 is 1.53 bits per heavy atom. The number of hydrogen-bond acceptors (Lipinski definition) is 3. The molecule has 17 heavy (non-hydrogen) atoms. The van der Waals surface area contributed by atoms with E-state index in [1.807, 2.05) is 20.8 Å². The lowest BCUT2D eigenvalue weighted by atomic mass is 10.0. The average molecular weight is 246 g/mol. The van der Waals surface area contributed by atoms with Crippen LogP contribution in [-0.2, 0) is 9.53 Å². The topological polar surface area (TPSA) is 64.4 Å². The maximum Gasteiger partial charge on any atom is 0.245 e. The maximum absolute atomic E-state index is 11.3. The van der Waals surface area contributed by atoms with E-state index in [0.29, 0.717) is 18.8 Å². The van der Waals surface area contributed by atoms with Gasteiger partial charge in [-0.25, -0.2) is 0 Å². The van der Waals surface area contributed by atoms with Crippen LogP contribution in [0, 0.1) is 5.92 Å². The molecule has 0 rings (SSSR count). The van der Waals surface area contributed by atoms with Gasteiger partial charge in [-0.2, -0.15) is 0 Å². The second kappa shape index (κ2) is 13.0. The van der Waals surface area contributed by atoms with Crippen LogP contribution in [0.15, 0.2) is 11.8 Å². The Morgan fingerprint density at radius 3 is 2.59 bits per heavy atom. The fourth-order valence-electron chi connectivity index (χ4n) is 1.22. The summed E-state index contributed by atoms with van der Waals surface area (Å²) in [6.07, 6.45) is 3.55. The van der Waals surface area contributed by atoms with Crippen molar-refractivity contribution in [3.8, 4) is 0 Å². The molecule has 0 bridgehead atoms. The summed E-state index contributed by atoms with van der Waals surface area (Å²) < 4.78 is 4.82. The lowest BCUT2D eigenvalue weighted by Gasteiger charge is -2.10. The van der Waals surface area contributed by atoms with E-state index in [9.17, 15) is 4.79 Å². The Balaban J connectivity index is -0.000000709. The summed E-state index contributed by atoms with van der Waals surface area (Å²) in [6, 6.07) is 0. The van der Waals surface area contributed by atoms with Gasteiger partial charge in [-0.05, 0) is 12.3 Å². The molecule has 0 fully saturated rings. The van der Waals surface area contributed by atoms with Gasteiger partial charge in [0, 0.05) is 26.9 Å². The summed E-state index contributed by atoms with van der Waals surface area (Å²) in [5, 5.41) is 2.69. The number of ether oxygens (including phenoxy) is 1. The predicted molar refractivity (Wildman–Crippen MR) is 74.7 cm³/mol. The number of methoxy groups -OCH3 is 1. The monoisotopic (exact) mass is 246 g/mol. The van der Waals surface area contributed by atoms with Gasteiger partial charge in [0.1, 0.15) is 0 Å². The lowest BCUT2D eigenvalue weighted by molar-refractivity contribution is -0.116. The zero-order valence-corrected chi connectivity index (χ0v) is 11.9. The van der Waals surface area contributed by atoms with Crippen molar-refractivity contribution in [1.29, 1.82) is 0 Å². The fourth-order valence-corrected chi connectivity index (χ4v) is 1.22. The first-order chi connectivity index (χ1) is 8.11. The third-order valence-electron chi connectivity index (χ3n) is 2.19. The summed E-state index contributed by atoms with van der Waals surface area (Å²) >= 11 is 0. The number of nitrogens with two attached hydrogens (primary N) is 1. The van der Waals surface area contributed by atoms with Crippen LogP contribution in [0.5, 0.6) is 0 Å². The molecule has 0 spiro atoms. The van der Waals surface area contributed by atoms with Crippen LogP contribution in [0.1, 0.15) is 42.0 Å². The molecule has 0 radical (unpaired) electrons. The van der Waals surface area contributed by atoms with Gasteiger partial charge in [-0.3, -0.25) is 4.79 Å². The van der Waals surface area contributed by atoms with Crippen molar-refractivity contribution in [3.05, 3.63) is 11.8 Å². The smallest absolute Gasteiger partial charge is 0.245 e. The van der Waals surface area contributed by atoms with Crippen LogP contribution >= 0.6 is 0 Å². The second-order valence-corrected chi connectivity index (χ2v) is 3.62. The van der Waals surface area contributed by atoms with E-state index in [4.69, 9.17) is 10.5 Å². The number of carbonyl (C=O) groups excluding carboxylic acids is 1. The molecule has 4 heteroatoms. The first kappa shape index (κ1) is 18.3. The Hall–Kier alpha value is -1.03. The van der Waals surface area contributed by atoms with Crippen molar-refractivity contribution in [3.63, 3.8) is 0 Å². The molecule has 0 aliphatic rings. The fraction of sp³-hybridized carbons (Fsp3) is 0.769. The molecule has 1 amide bonds. The number of nitrogens with one attached hydrogen (secondary N) is 1. The minimum Gasteiger partial charge on any atom is -0.402 e. The van der Waals surface area contributed by atoms with E-state index < -0.39 is 0 Å². The quantitative estimate of drug-likeness (QED) is 0.535. The molecule has 1 unspecified atom stereocenters. The molecule has 0 aliphatic carbocycles. The summed E-state index contributed by atoms with van der Waals surface area (Å²) in [5.41, 5.74) is 6.42. The molecule has 0 saturated heterocycles. The Bertz CT molecular complexity index is 221. The molecule has 0 saturated carbocycles. The van der Waals surface area contributed by atoms with Gasteiger partial charge >= 0.3 is 0 Å². The average Bonchev–Trinajstić information content (AvgIpc) is 2.32. The highest BCUT2D eigenvalue weighted by Crippen LogP contribution is 2.10. The maximum atomic E-state index is 11.3. The first-order valence-electron chi connectivity index (χ1n) is 6.35. The SMILES string of the molecule is CC.CCCC(C)/C(N)=C/C(=O)NCCOC.[HH]. The Kier molecular flexibility index (Phi) is 14.1. The molecule has 0 aromatic heterocycles. The standard InChI is InChI=1S/C11H22N2O2.C2H6.H2/c1-4-5-9(2)10(12)8-11(14)13-6-7-15-3;1-2;/h8-9H,4-7,12H2,1-3H3,(H,13,14);1-2H3;1H/b10-8-;;. The summed E-state index contributed by atoms with van der Waals surface area (Å²) in [5.74, 6) is 0.121. The summed E-state index contributed by atoms with van der Waals surface area (Å²) in [6.45, 7) is 9.16. The highest BCUT2D eigenvalue weighted by Gasteiger charge is 2.05. The van der Waals surface area contributed by atoms with Crippen molar-refractivity contribution in [2.45, 2.75) is 40.5 Å². The summed E-state index contributed by atoms with van der Waals surface area (Å²) in [7, 11) is 1.60. The highest BCUT2D eigenvalue weighted by molar-refractivity contribution is 5.88. The molecule has 0 aliphatic heterocycles. The van der Waals surface area contributed by atoms with Crippen LogP contribution in [0.4, 0.5) is 0 Å².